The van der Waals surface area contributed by atoms with E-state index in [1.807, 2.05) is 61.3 Å². The molecule has 5 nitrogen and oxygen atoms in total. The van der Waals surface area contributed by atoms with Crippen molar-refractivity contribution in [2.45, 2.75) is 12.1 Å². The fourth-order valence-corrected chi connectivity index (χ4v) is 4.11. The highest BCUT2D eigenvalue weighted by Crippen LogP contribution is 2.39. The van der Waals surface area contributed by atoms with E-state index in [4.69, 9.17) is 12.2 Å². The molecule has 29 heavy (non-hydrogen) atoms. The molecule has 150 valence electrons. The van der Waals surface area contributed by atoms with Crippen molar-refractivity contribution in [2.24, 2.45) is 0 Å². The zero-order valence-corrected chi connectivity index (χ0v) is 17.3. The molecule has 0 bridgehead atoms. The van der Waals surface area contributed by atoms with E-state index >= 15 is 0 Å². The molecule has 2 atom stereocenters. The predicted molar refractivity (Wildman–Crippen MR) is 116 cm³/mol. The first kappa shape index (κ1) is 19.5. The SMILES string of the molecule is CN(C)CCN1C(=S)N[C@H](c2ccccn2)[C@H]1c1cccn1-c1ccccc1F. The first-order valence-electron chi connectivity index (χ1n) is 9.61. The van der Waals surface area contributed by atoms with Crippen LogP contribution in [0.4, 0.5) is 4.39 Å². The maximum atomic E-state index is 14.6. The average molecular weight is 410 g/mol. The lowest BCUT2D eigenvalue weighted by molar-refractivity contribution is 0.272. The molecular formula is C22H24FN5S. The topological polar surface area (TPSA) is 36.3 Å². The van der Waals surface area contributed by atoms with Gasteiger partial charge in [-0.1, -0.05) is 18.2 Å². The molecular weight excluding hydrogens is 385 g/mol. The zero-order valence-electron chi connectivity index (χ0n) is 16.5. The molecule has 4 rings (SSSR count). The van der Waals surface area contributed by atoms with E-state index in [2.05, 4.69) is 20.1 Å². The number of nitrogens with zero attached hydrogens (tertiary/aromatic N) is 4. The van der Waals surface area contributed by atoms with Gasteiger partial charge in [-0.05, 0) is 62.7 Å². The number of hydrogen-bond acceptors (Lipinski definition) is 3. The fraction of sp³-hybridized carbons (Fsp3) is 0.273. The largest absolute Gasteiger partial charge is 0.352 e. The van der Waals surface area contributed by atoms with Crippen LogP contribution in [0.25, 0.3) is 5.69 Å². The van der Waals surface area contributed by atoms with E-state index in [9.17, 15) is 4.39 Å². The van der Waals surface area contributed by atoms with Gasteiger partial charge < -0.3 is 19.7 Å². The molecule has 3 aromatic rings. The van der Waals surface area contributed by atoms with Crippen LogP contribution in [-0.4, -0.2) is 51.6 Å². The maximum Gasteiger partial charge on any atom is 0.170 e. The lowest BCUT2D eigenvalue weighted by Gasteiger charge is -2.29. The van der Waals surface area contributed by atoms with Gasteiger partial charge in [0.25, 0.3) is 0 Å². The van der Waals surface area contributed by atoms with Crippen molar-refractivity contribution >= 4 is 17.3 Å². The van der Waals surface area contributed by atoms with Crippen molar-refractivity contribution in [3.8, 4) is 5.69 Å². The third-order valence-corrected chi connectivity index (χ3v) is 5.53. The normalized spacial score (nSPS) is 19.0. The number of halogens is 1. The van der Waals surface area contributed by atoms with Gasteiger partial charge in [0.2, 0.25) is 0 Å². The van der Waals surface area contributed by atoms with E-state index in [1.165, 1.54) is 6.07 Å². The average Bonchev–Trinajstić information content (AvgIpc) is 3.31. The lowest BCUT2D eigenvalue weighted by atomic mass is 10.0. The van der Waals surface area contributed by atoms with Gasteiger partial charge in [-0.15, -0.1) is 0 Å². The molecule has 2 aromatic heterocycles. The van der Waals surface area contributed by atoms with Crippen LogP contribution in [0.3, 0.4) is 0 Å². The summed E-state index contributed by atoms with van der Waals surface area (Å²) in [6.07, 6.45) is 3.68. The standard InChI is InChI=1S/C22H24FN5S/c1-26(2)14-15-28-21(20(25-22(28)29)17-9-5-6-12-24-17)19-11-7-13-27(19)18-10-4-3-8-16(18)23/h3-13,20-21H,14-15H2,1-2H3,(H,25,29)/t20-,21-/m1/s1. The van der Waals surface area contributed by atoms with Crippen LogP contribution in [0, 0.1) is 5.82 Å². The minimum atomic E-state index is -0.257. The second-order valence-corrected chi connectivity index (χ2v) is 7.76. The molecule has 7 heteroatoms. The molecule has 1 saturated heterocycles. The van der Waals surface area contributed by atoms with Gasteiger partial charge in [0.1, 0.15) is 5.82 Å². The van der Waals surface area contributed by atoms with Crippen LogP contribution in [0.2, 0.25) is 0 Å². The van der Waals surface area contributed by atoms with E-state index in [1.54, 1.807) is 18.3 Å². The van der Waals surface area contributed by atoms with Crippen LogP contribution in [-0.2, 0) is 0 Å². The molecule has 1 aromatic carbocycles. The van der Waals surface area contributed by atoms with Crippen molar-refractivity contribution < 1.29 is 4.39 Å². The molecule has 0 radical (unpaired) electrons. The molecule has 1 aliphatic rings. The first-order chi connectivity index (χ1) is 14.1. The Morgan fingerprint density at radius 3 is 2.62 bits per heavy atom. The van der Waals surface area contributed by atoms with Crippen molar-refractivity contribution in [1.29, 1.82) is 0 Å². The van der Waals surface area contributed by atoms with Gasteiger partial charge in [-0.3, -0.25) is 4.98 Å². The second-order valence-electron chi connectivity index (χ2n) is 7.38. The van der Waals surface area contributed by atoms with E-state index in [0.29, 0.717) is 10.8 Å². The highest BCUT2D eigenvalue weighted by atomic mass is 32.1. The molecule has 1 aliphatic heterocycles. The summed E-state index contributed by atoms with van der Waals surface area (Å²) in [5.74, 6) is -0.257. The second kappa shape index (κ2) is 8.31. The zero-order chi connectivity index (χ0) is 20.4. The minimum absolute atomic E-state index is 0.105. The molecule has 0 aliphatic carbocycles. The Hall–Kier alpha value is -2.77. The van der Waals surface area contributed by atoms with Crippen LogP contribution in [0.5, 0.6) is 0 Å². The molecule has 0 amide bonds. The molecule has 3 heterocycles. The number of hydrogen-bond donors (Lipinski definition) is 1. The fourth-order valence-electron chi connectivity index (χ4n) is 3.78. The molecule has 0 unspecified atom stereocenters. The molecule has 1 fully saturated rings. The van der Waals surface area contributed by atoms with Gasteiger partial charge in [-0.25, -0.2) is 4.39 Å². The number of para-hydroxylation sites is 1. The number of likely N-dealkylation sites (N-methyl/N-ethyl adjacent to an activating group) is 1. The lowest BCUT2D eigenvalue weighted by Crippen LogP contribution is -2.36. The van der Waals surface area contributed by atoms with Crippen molar-refractivity contribution in [3.05, 3.63) is 84.2 Å². The van der Waals surface area contributed by atoms with Gasteiger partial charge in [0.05, 0.1) is 23.5 Å². The number of benzene rings is 1. The Bertz CT molecular complexity index is 988. The summed E-state index contributed by atoms with van der Waals surface area (Å²) >= 11 is 5.69. The number of pyridine rings is 1. The molecule has 1 N–H and O–H groups in total. The number of nitrogens with one attached hydrogen (secondary N) is 1. The third-order valence-electron chi connectivity index (χ3n) is 5.18. The number of rotatable bonds is 6. The summed E-state index contributed by atoms with van der Waals surface area (Å²) in [5.41, 5.74) is 2.41. The summed E-state index contributed by atoms with van der Waals surface area (Å²) < 4.78 is 16.5. The van der Waals surface area contributed by atoms with E-state index in [-0.39, 0.29) is 17.9 Å². The van der Waals surface area contributed by atoms with Crippen LogP contribution < -0.4 is 5.32 Å². The van der Waals surface area contributed by atoms with E-state index < -0.39 is 0 Å². The minimum Gasteiger partial charge on any atom is -0.352 e. The number of aromatic nitrogens is 2. The van der Waals surface area contributed by atoms with Crippen molar-refractivity contribution in [3.63, 3.8) is 0 Å². The van der Waals surface area contributed by atoms with Crippen LogP contribution in [0.15, 0.2) is 67.0 Å². The van der Waals surface area contributed by atoms with Gasteiger partial charge >= 0.3 is 0 Å². The van der Waals surface area contributed by atoms with Crippen molar-refractivity contribution in [2.75, 3.05) is 27.2 Å². The Balaban J connectivity index is 1.79. The van der Waals surface area contributed by atoms with Crippen LogP contribution >= 0.6 is 12.2 Å². The quantitative estimate of drug-likeness (QED) is 0.630. The number of thiocarbonyl (C=S) groups is 1. The van der Waals surface area contributed by atoms with Crippen molar-refractivity contribution in [1.82, 2.24) is 24.7 Å². The van der Waals surface area contributed by atoms with Gasteiger partial charge in [0.15, 0.2) is 5.11 Å². The summed E-state index contributed by atoms with van der Waals surface area (Å²) in [6, 6.07) is 16.5. The first-order valence-corrected chi connectivity index (χ1v) is 10.0. The monoisotopic (exact) mass is 409 g/mol. The predicted octanol–water partition coefficient (Wildman–Crippen LogP) is 3.55. The van der Waals surface area contributed by atoms with Crippen LogP contribution in [0.1, 0.15) is 23.5 Å². The summed E-state index contributed by atoms with van der Waals surface area (Å²) in [4.78, 5) is 8.87. The summed E-state index contributed by atoms with van der Waals surface area (Å²) in [6.45, 7) is 1.61. The Morgan fingerprint density at radius 1 is 1.10 bits per heavy atom. The Morgan fingerprint density at radius 2 is 1.90 bits per heavy atom. The Labute approximate surface area is 175 Å². The maximum absolute atomic E-state index is 14.6. The molecule has 0 spiro atoms. The molecule has 0 saturated carbocycles. The van der Waals surface area contributed by atoms with Gasteiger partial charge in [-0.2, -0.15) is 0 Å². The van der Waals surface area contributed by atoms with E-state index in [0.717, 1.165) is 24.5 Å². The Kier molecular flexibility index (Phi) is 5.60. The summed E-state index contributed by atoms with van der Waals surface area (Å²) in [5, 5.41) is 4.13. The highest BCUT2D eigenvalue weighted by Gasteiger charge is 2.41. The summed E-state index contributed by atoms with van der Waals surface area (Å²) in [7, 11) is 4.08. The smallest absolute Gasteiger partial charge is 0.170 e. The third kappa shape index (κ3) is 3.88. The van der Waals surface area contributed by atoms with Gasteiger partial charge in [0, 0.05) is 31.2 Å². The highest BCUT2D eigenvalue weighted by molar-refractivity contribution is 7.80.